The SMILES string of the molecule is C#C.C=CN=C/C(=C\C)c1ccc(NC)c(Cc2cc3c(-c4ccc(F)cc4)cccc3[nH]2)n1. The zero-order chi connectivity index (χ0) is 24.5. The first kappa shape index (κ1) is 24.2. The lowest BCUT2D eigenvalue weighted by molar-refractivity contribution is 0.628. The molecule has 2 heterocycles. The maximum Gasteiger partial charge on any atom is 0.123 e. The Balaban J connectivity index is 0.00000158. The minimum Gasteiger partial charge on any atom is -0.387 e. The molecule has 0 unspecified atom stereocenters. The number of benzene rings is 2. The number of aliphatic imine (C=N–C) groups is 1. The molecule has 4 rings (SSSR count). The first-order valence-corrected chi connectivity index (χ1v) is 10.8. The number of aromatic amines is 1. The number of aromatic nitrogens is 2. The first-order valence-electron chi connectivity index (χ1n) is 10.8. The second-order valence-electron chi connectivity index (χ2n) is 7.39. The van der Waals surface area contributed by atoms with E-state index in [4.69, 9.17) is 4.98 Å². The summed E-state index contributed by atoms with van der Waals surface area (Å²) in [5.74, 6) is -0.236. The average molecular weight is 451 g/mol. The highest BCUT2D eigenvalue weighted by molar-refractivity contribution is 6.09. The lowest BCUT2D eigenvalue weighted by Crippen LogP contribution is -2.03. The fourth-order valence-corrected chi connectivity index (χ4v) is 3.82. The van der Waals surface area contributed by atoms with Crippen molar-refractivity contribution in [1.82, 2.24) is 9.97 Å². The third-order valence-electron chi connectivity index (χ3n) is 5.40. The Bertz CT molecular complexity index is 1360. The van der Waals surface area contributed by atoms with Gasteiger partial charge in [0.2, 0.25) is 0 Å². The molecular formula is C29H27FN4. The standard InChI is InChI=1S/C27H25FN4.C2H2/c1-4-18(17-30-5-2)24-13-14-26(29-3)27(32-24)16-21-15-23-22(7-6-8-25(23)31-21)19-9-11-20(28)12-10-19;1-2/h4-15,17,29,31H,2,16H2,1,3H3;1-2H/b18-4+,30-17?;. The van der Waals surface area contributed by atoms with Crippen LogP contribution in [0.25, 0.3) is 27.6 Å². The van der Waals surface area contributed by atoms with E-state index in [9.17, 15) is 4.39 Å². The number of fused-ring (bicyclic) bond motifs is 1. The van der Waals surface area contributed by atoms with Crippen LogP contribution in [0.2, 0.25) is 0 Å². The summed E-state index contributed by atoms with van der Waals surface area (Å²) in [5, 5.41) is 4.34. The summed E-state index contributed by atoms with van der Waals surface area (Å²) in [6.07, 6.45) is 13.9. The van der Waals surface area contributed by atoms with Gasteiger partial charge in [0.25, 0.3) is 0 Å². The zero-order valence-corrected chi connectivity index (χ0v) is 19.3. The molecule has 0 amide bonds. The molecule has 2 aromatic heterocycles. The van der Waals surface area contributed by atoms with Crippen molar-refractivity contribution in [3.05, 3.63) is 102 Å². The van der Waals surface area contributed by atoms with Gasteiger partial charge >= 0.3 is 0 Å². The van der Waals surface area contributed by atoms with Crippen molar-refractivity contribution in [2.24, 2.45) is 4.99 Å². The lowest BCUT2D eigenvalue weighted by Gasteiger charge is -2.10. The van der Waals surface area contributed by atoms with Gasteiger partial charge in [0, 0.05) is 48.1 Å². The summed E-state index contributed by atoms with van der Waals surface area (Å²) < 4.78 is 13.4. The Kier molecular flexibility index (Phi) is 8.15. The van der Waals surface area contributed by atoms with Crippen LogP contribution in [-0.4, -0.2) is 23.2 Å². The van der Waals surface area contributed by atoms with Crippen LogP contribution in [-0.2, 0) is 6.42 Å². The van der Waals surface area contributed by atoms with Crippen molar-refractivity contribution in [3.8, 4) is 24.0 Å². The molecule has 4 nitrogen and oxygen atoms in total. The molecule has 0 aliphatic rings. The highest BCUT2D eigenvalue weighted by Gasteiger charge is 2.12. The van der Waals surface area contributed by atoms with Crippen LogP contribution in [0.3, 0.4) is 0 Å². The van der Waals surface area contributed by atoms with E-state index in [1.165, 1.54) is 18.3 Å². The van der Waals surface area contributed by atoms with E-state index >= 15 is 0 Å². The summed E-state index contributed by atoms with van der Waals surface area (Å²) in [6.45, 7) is 5.60. The van der Waals surface area contributed by atoms with E-state index in [0.717, 1.165) is 50.4 Å². The monoisotopic (exact) mass is 450 g/mol. The van der Waals surface area contributed by atoms with Crippen LogP contribution >= 0.6 is 0 Å². The number of hydrogen-bond acceptors (Lipinski definition) is 3. The molecule has 0 radical (unpaired) electrons. The maximum absolute atomic E-state index is 13.4. The van der Waals surface area contributed by atoms with E-state index in [2.05, 4.69) is 52.9 Å². The second kappa shape index (κ2) is 11.4. The Morgan fingerprint density at radius 2 is 1.91 bits per heavy atom. The van der Waals surface area contributed by atoms with Crippen molar-refractivity contribution in [2.45, 2.75) is 13.3 Å². The Morgan fingerprint density at radius 1 is 1.15 bits per heavy atom. The van der Waals surface area contributed by atoms with E-state index in [1.54, 1.807) is 6.21 Å². The maximum atomic E-state index is 13.4. The van der Waals surface area contributed by atoms with Gasteiger partial charge in [0.15, 0.2) is 0 Å². The lowest BCUT2D eigenvalue weighted by atomic mass is 10.0. The van der Waals surface area contributed by atoms with Crippen molar-refractivity contribution in [2.75, 3.05) is 12.4 Å². The summed E-state index contributed by atoms with van der Waals surface area (Å²) in [4.78, 5) is 12.6. The molecule has 0 atom stereocenters. The molecule has 0 aliphatic carbocycles. The molecule has 34 heavy (non-hydrogen) atoms. The van der Waals surface area contributed by atoms with Gasteiger partial charge in [-0.3, -0.25) is 9.98 Å². The number of anilines is 1. The highest BCUT2D eigenvalue weighted by atomic mass is 19.1. The van der Waals surface area contributed by atoms with E-state index < -0.39 is 0 Å². The fraction of sp³-hybridized carbons (Fsp3) is 0.103. The number of pyridine rings is 1. The topological polar surface area (TPSA) is 53.1 Å². The quantitative estimate of drug-likeness (QED) is 0.238. The minimum atomic E-state index is -0.236. The van der Waals surface area contributed by atoms with Gasteiger partial charge in [-0.1, -0.05) is 36.9 Å². The number of nitrogens with one attached hydrogen (secondary N) is 2. The largest absolute Gasteiger partial charge is 0.387 e. The molecule has 0 bridgehead atoms. The van der Waals surface area contributed by atoms with Crippen molar-refractivity contribution in [1.29, 1.82) is 0 Å². The first-order chi connectivity index (χ1) is 16.6. The van der Waals surface area contributed by atoms with Gasteiger partial charge in [-0.25, -0.2) is 4.39 Å². The number of hydrogen-bond donors (Lipinski definition) is 2. The summed E-state index contributed by atoms with van der Waals surface area (Å²) in [7, 11) is 1.90. The molecule has 0 spiro atoms. The van der Waals surface area contributed by atoms with Gasteiger partial charge in [-0.05, 0) is 54.4 Å². The number of halogens is 1. The van der Waals surface area contributed by atoms with Crippen LogP contribution in [0.5, 0.6) is 0 Å². The third-order valence-corrected chi connectivity index (χ3v) is 5.40. The predicted octanol–water partition coefficient (Wildman–Crippen LogP) is 6.87. The van der Waals surface area contributed by atoms with Crippen LogP contribution in [0.15, 0.2) is 84.5 Å². The molecule has 0 saturated heterocycles. The fourth-order valence-electron chi connectivity index (χ4n) is 3.82. The van der Waals surface area contributed by atoms with Crippen LogP contribution in [0.4, 0.5) is 10.1 Å². The Labute approximate surface area is 200 Å². The summed E-state index contributed by atoms with van der Waals surface area (Å²) >= 11 is 0. The normalized spacial score (nSPS) is 11.3. The average Bonchev–Trinajstić information content (AvgIpc) is 3.29. The van der Waals surface area contributed by atoms with Gasteiger partial charge in [0.1, 0.15) is 5.82 Å². The van der Waals surface area contributed by atoms with E-state index in [1.807, 2.05) is 50.4 Å². The molecule has 2 aromatic carbocycles. The minimum absolute atomic E-state index is 0.236. The van der Waals surface area contributed by atoms with Gasteiger partial charge in [-0.2, -0.15) is 0 Å². The molecule has 2 N–H and O–H groups in total. The number of allylic oxidation sites excluding steroid dienone is 2. The van der Waals surface area contributed by atoms with Gasteiger partial charge in [0.05, 0.1) is 17.1 Å². The molecule has 5 heteroatoms. The van der Waals surface area contributed by atoms with Crippen molar-refractivity contribution < 1.29 is 4.39 Å². The molecule has 0 aliphatic heterocycles. The molecule has 4 aromatic rings. The molecule has 0 saturated carbocycles. The van der Waals surface area contributed by atoms with Crippen LogP contribution in [0.1, 0.15) is 24.0 Å². The van der Waals surface area contributed by atoms with Gasteiger partial charge < -0.3 is 10.3 Å². The van der Waals surface area contributed by atoms with Gasteiger partial charge in [-0.15, -0.1) is 12.8 Å². The van der Waals surface area contributed by atoms with Crippen molar-refractivity contribution in [3.63, 3.8) is 0 Å². The number of H-pyrrole nitrogens is 1. The Morgan fingerprint density at radius 3 is 2.59 bits per heavy atom. The number of rotatable bonds is 7. The third kappa shape index (κ3) is 5.31. The molecule has 170 valence electrons. The van der Waals surface area contributed by atoms with E-state index in [-0.39, 0.29) is 5.82 Å². The number of nitrogens with zero attached hydrogens (tertiary/aromatic N) is 2. The predicted molar refractivity (Wildman–Crippen MR) is 143 cm³/mol. The second-order valence-corrected chi connectivity index (χ2v) is 7.39. The summed E-state index contributed by atoms with van der Waals surface area (Å²) in [6, 6.07) is 18.9. The van der Waals surface area contributed by atoms with Crippen LogP contribution < -0.4 is 5.32 Å². The smallest absolute Gasteiger partial charge is 0.123 e. The van der Waals surface area contributed by atoms with Crippen molar-refractivity contribution >= 4 is 28.4 Å². The summed E-state index contributed by atoms with van der Waals surface area (Å²) in [5.41, 5.74) is 7.84. The Hall–Kier alpha value is -4.43. The van der Waals surface area contributed by atoms with Crippen LogP contribution in [0, 0.1) is 18.7 Å². The van der Waals surface area contributed by atoms with E-state index in [0.29, 0.717) is 6.42 Å². The molecule has 0 fully saturated rings. The highest BCUT2D eigenvalue weighted by Crippen LogP contribution is 2.30. The zero-order valence-electron chi connectivity index (χ0n) is 19.3. The molecular weight excluding hydrogens is 423 g/mol. The number of terminal acetylenes is 1.